The van der Waals surface area contributed by atoms with Gasteiger partial charge in [0.2, 0.25) is 9.84 Å². The van der Waals surface area contributed by atoms with Gasteiger partial charge >= 0.3 is 5.76 Å². The van der Waals surface area contributed by atoms with Crippen molar-refractivity contribution in [2.24, 2.45) is 0 Å². The molecule has 7 nitrogen and oxygen atoms in total. The van der Waals surface area contributed by atoms with Gasteiger partial charge in [-0.15, -0.1) is 0 Å². The normalized spacial score (nSPS) is 11.7. The topological polar surface area (TPSA) is 89.8 Å². The molecule has 0 fully saturated rings. The van der Waals surface area contributed by atoms with E-state index in [1.54, 1.807) is 18.2 Å². The first-order valence-electron chi connectivity index (χ1n) is 9.77. The number of amides is 1. The summed E-state index contributed by atoms with van der Waals surface area (Å²) in [6.07, 6.45) is 3.70. The molecule has 0 aliphatic rings. The molecule has 0 aliphatic heterocycles. The summed E-state index contributed by atoms with van der Waals surface area (Å²) >= 11 is 0. The number of ether oxygens (including phenoxy) is 1. The van der Waals surface area contributed by atoms with Gasteiger partial charge in [0.1, 0.15) is 11.4 Å². The highest BCUT2D eigenvalue weighted by Gasteiger charge is 2.31. The Balaban J connectivity index is 1.73. The van der Waals surface area contributed by atoms with Crippen LogP contribution in [0.4, 0.5) is 14.5 Å². The molecule has 170 valence electrons. The number of nitrogens with one attached hydrogen (secondary N) is 1. The number of fused-ring (bicyclic) bond motifs is 1. The zero-order valence-corrected chi connectivity index (χ0v) is 18.4. The highest BCUT2D eigenvalue weighted by Crippen LogP contribution is 2.32. The van der Waals surface area contributed by atoms with Crippen molar-refractivity contribution in [3.05, 3.63) is 78.1 Å². The van der Waals surface area contributed by atoms with Gasteiger partial charge in [0.15, 0.2) is 0 Å². The van der Waals surface area contributed by atoms with E-state index in [-0.39, 0.29) is 5.69 Å². The van der Waals surface area contributed by atoms with Crippen molar-refractivity contribution < 1.29 is 26.7 Å². The Morgan fingerprint density at radius 3 is 2.58 bits per heavy atom. The van der Waals surface area contributed by atoms with E-state index in [1.165, 1.54) is 25.3 Å². The van der Waals surface area contributed by atoms with Crippen molar-refractivity contribution in [2.45, 2.75) is 17.6 Å². The lowest BCUT2D eigenvalue weighted by molar-refractivity contribution is 0.102. The number of sulfone groups is 1. The average Bonchev–Trinajstić information content (AvgIpc) is 3.25. The predicted molar refractivity (Wildman–Crippen MR) is 120 cm³/mol. The van der Waals surface area contributed by atoms with Gasteiger partial charge in [-0.1, -0.05) is 18.2 Å². The molecule has 0 saturated carbocycles. The van der Waals surface area contributed by atoms with Crippen LogP contribution in [0.2, 0.25) is 0 Å². The Kier molecular flexibility index (Phi) is 5.86. The van der Waals surface area contributed by atoms with Crippen LogP contribution in [0.5, 0.6) is 5.75 Å². The van der Waals surface area contributed by atoms with Gasteiger partial charge in [0.25, 0.3) is 5.91 Å². The molecule has 2 aromatic carbocycles. The second kappa shape index (κ2) is 8.62. The van der Waals surface area contributed by atoms with Crippen molar-refractivity contribution in [1.82, 2.24) is 9.38 Å². The first-order chi connectivity index (χ1) is 15.7. The summed E-state index contributed by atoms with van der Waals surface area (Å²) in [6.45, 7) is 1.94. The Hall–Kier alpha value is -3.79. The van der Waals surface area contributed by atoms with Crippen molar-refractivity contribution >= 4 is 27.1 Å². The Labute approximate surface area is 188 Å². The maximum absolute atomic E-state index is 13.1. The lowest BCUT2D eigenvalue weighted by atomic mass is 10.1. The average molecular weight is 471 g/mol. The second-order valence-corrected chi connectivity index (χ2v) is 9.11. The monoisotopic (exact) mass is 471 g/mol. The molecule has 2 aromatic heterocycles. The Morgan fingerprint density at radius 2 is 1.88 bits per heavy atom. The molecular formula is C23H19F2N3O4S. The molecule has 0 saturated heterocycles. The molecule has 1 amide bonds. The molecule has 0 spiro atoms. The number of methoxy groups -OCH3 is 1. The number of alkyl halides is 2. The van der Waals surface area contributed by atoms with E-state index in [0.717, 1.165) is 17.3 Å². The largest absolute Gasteiger partial charge is 0.495 e. The zero-order chi connectivity index (χ0) is 23.8. The lowest BCUT2D eigenvalue weighted by Gasteiger charge is -2.13. The number of benzene rings is 2. The number of imidazole rings is 1. The molecule has 0 radical (unpaired) electrons. The van der Waals surface area contributed by atoms with Crippen LogP contribution in [-0.4, -0.2) is 36.6 Å². The number of nitrogens with zero attached hydrogens (tertiary/aromatic N) is 2. The van der Waals surface area contributed by atoms with E-state index in [1.807, 2.05) is 35.9 Å². The molecule has 10 heteroatoms. The SMILES string of the molecule is COc1ccc(-c2cn3cccc(C)c3n2)cc1NC(=O)c1ccccc1S(=O)(=O)C(F)F. The number of pyridine rings is 1. The van der Waals surface area contributed by atoms with Crippen LogP contribution in [0, 0.1) is 6.92 Å². The van der Waals surface area contributed by atoms with Gasteiger partial charge in [-0.05, 0) is 48.9 Å². The number of hydrogen-bond acceptors (Lipinski definition) is 5. The minimum atomic E-state index is -4.97. The van der Waals surface area contributed by atoms with E-state index in [4.69, 9.17) is 4.74 Å². The van der Waals surface area contributed by atoms with Gasteiger partial charge in [0, 0.05) is 18.0 Å². The third kappa shape index (κ3) is 4.17. The number of halogens is 2. The van der Waals surface area contributed by atoms with Gasteiger partial charge < -0.3 is 14.5 Å². The molecule has 1 N–H and O–H groups in total. The molecule has 33 heavy (non-hydrogen) atoms. The van der Waals surface area contributed by atoms with E-state index in [0.29, 0.717) is 17.0 Å². The van der Waals surface area contributed by atoms with Crippen molar-refractivity contribution in [3.8, 4) is 17.0 Å². The Bertz CT molecular complexity index is 1470. The highest BCUT2D eigenvalue weighted by atomic mass is 32.2. The molecule has 0 aliphatic carbocycles. The van der Waals surface area contributed by atoms with Crippen molar-refractivity contribution in [3.63, 3.8) is 0 Å². The first-order valence-corrected chi connectivity index (χ1v) is 11.3. The summed E-state index contributed by atoms with van der Waals surface area (Å²) in [5, 5.41) is 2.58. The summed E-state index contributed by atoms with van der Waals surface area (Å²) in [6, 6.07) is 13.7. The van der Waals surface area contributed by atoms with E-state index >= 15 is 0 Å². The maximum atomic E-state index is 13.1. The standard InChI is InChI=1S/C23H19F2N3O4S/c1-14-6-5-11-28-13-18(26-21(14)28)15-9-10-19(32-2)17(12-15)27-22(29)16-7-3-4-8-20(16)33(30,31)23(24)25/h3-13,23H,1-2H3,(H,27,29). The van der Waals surface area contributed by atoms with Crippen LogP contribution < -0.4 is 10.1 Å². The summed E-state index contributed by atoms with van der Waals surface area (Å²) in [7, 11) is -3.56. The summed E-state index contributed by atoms with van der Waals surface area (Å²) in [5.41, 5.74) is 2.92. The van der Waals surface area contributed by atoms with Crippen LogP contribution >= 0.6 is 0 Å². The van der Waals surface area contributed by atoms with Crippen LogP contribution in [0.25, 0.3) is 16.9 Å². The fourth-order valence-electron chi connectivity index (χ4n) is 3.45. The molecular weight excluding hydrogens is 452 g/mol. The highest BCUT2D eigenvalue weighted by molar-refractivity contribution is 7.91. The number of rotatable bonds is 6. The zero-order valence-electron chi connectivity index (χ0n) is 17.6. The number of carbonyl (C=O) groups excluding carboxylic acids is 1. The second-order valence-electron chi connectivity index (χ2n) is 7.22. The minimum absolute atomic E-state index is 0.234. The minimum Gasteiger partial charge on any atom is -0.495 e. The Morgan fingerprint density at radius 1 is 1.12 bits per heavy atom. The van der Waals surface area contributed by atoms with Crippen molar-refractivity contribution in [1.29, 1.82) is 0 Å². The van der Waals surface area contributed by atoms with Crippen LogP contribution in [0.15, 0.2) is 71.9 Å². The van der Waals surface area contributed by atoms with Gasteiger partial charge in [-0.3, -0.25) is 4.79 Å². The summed E-state index contributed by atoms with van der Waals surface area (Å²) < 4.78 is 57.4. The summed E-state index contributed by atoms with van der Waals surface area (Å²) in [5.74, 6) is -4.21. The van der Waals surface area contributed by atoms with E-state index < -0.39 is 32.0 Å². The number of carbonyl (C=O) groups is 1. The van der Waals surface area contributed by atoms with Crippen molar-refractivity contribution in [2.75, 3.05) is 12.4 Å². The molecule has 0 bridgehead atoms. The van der Waals surface area contributed by atoms with Gasteiger partial charge in [-0.25, -0.2) is 13.4 Å². The fourth-order valence-corrected chi connectivity index (χ4v) is 4.37. The summed E-state index contributed by atoms with van der Waals surface area (Å²) in [4.78, 5) is 16.8. The smallest absolute Gasteiger partial charge is 0.341 e. The maximum Gasteiger partial charge on any atom is 0.341 e. The number of aryl methyl sites for hydroxylation is 1. The predicted octanol–water partition coefficient (Wildman–Crippen LogP) is 4.57. The number of aromatic nitrogens is 2. The van der Waals surface area contributed by atoms with Gasteiger partial charge in [-0.2, -0.15) is 8.78 Å². The molecule has 2 heterocycles. The van der Waals surface area contributed by atoms with Crippen LogP contribution in [-0.2, 0) is 9.84 Å². The van der Waals surface area contributed by atoms with Crippen LogP contribution in [0.3, 0.4) is 0 Å². The molecule has 0 unspecified atom stereocenters. The quantitative estimate of drug-likeness (QED) is 0.445. The molecule has 0 atom stereocenters. The third-order valence-corrected chi connectivity index (χ3v) is 6.53. The third-order valence-electron chi connectivity index (χ3n) is 5.09. The van der Waals surface area contributed by atoms with E-state index in [2.05, 4.69) is 10.3 Å². The lowest BCUT2D eigenvalue weighted by Crippen LogP contribution is -2.20. The number of hydrogen-bond donors (Lipinski definition) is 1. The van der Waals surface area contributed by atoms with Gasteiger partial charge in [0.05, 0.1) is 29.0 Å². The fraction of sp³-hybridized carbons (Fsp3) is 0.130. The number of anilines is 1. The molecule has 4 rings (SSSR count). The van der Waals surface area contributed by atoms with E-state index in [9.17, 15) is 22.0 Å². The van der Waals surface area contributed by atoms with Crippen LogP contribution in [0.1, 0.15) is 15.9 Å². The first kappa shape index (κ1) is 22.4. The molecule has 4 aromatic rings.